The molecule has 0 fully saturated rings. The molecule has 0 bridgehead atoms. The Balaban J connectivity index is 1.96. The first-order valence-electron chi connectivity index (χ1n) is 6.56. The molecule has 0 aliphatic carbocycles. The molecule has 0 heterocycles. The lowest BCUT2D eigenvalue weighted by Crippen LogP contribution is -2.05. The average molecular weight is 307 g/mol. The molecule has 0 saturated heterocycles. The van der Waals surface area contributed by atoms with Crippen LogP contribution < -0.4 is 0 Å². The van der Waals surface area contributed by atoms with Gasteiger partial charge in [-0.25, -0.2) is 0 Å². The Kier molecular flexibility index (Phi) is 5.22. The number of hydrogen-bond donors (Lipinski definition) is 0. The number of rotatable bonds is 5. The molecular weight excluding hydrogens is 291 g/mol. The third-order valence-electron chi connectivity index (χ3n) is 3.21. The van der Waals surface area contributed by atoms with Crippen molar-refractivity contribution < 1.29 is 4.79 Å². The predicted molar refractivity (Wildman–Crippen MR) is 84.7 cm³/mol. The Morgan fingerprint density at radius 2 is 1.70 bits per heavy atom. The van der Waals surface area contributed by atoms with Crippen LogP contribution in [0.15, 0.2) is 42.5 Å². The van der Waals surface area contributed by atoms with E-state index in [0.29, 0.717) is 22.9 Å². The SMILES string of the molecule is Cc1cccc(CCC(=O)Cc2c(Cl)cccc2Cl)c1. The van der Waals surface area contributed by atoms with Gasteiger partial charge in [0.1, 0.15) is 5.78 Å². The van der Waals surface area contributed by atoms with Crippen molar-refractivity contribution in [2.45, 2.75) is 26.2 Å². The molecule has 3 heteroatoms. The minimum absolute atomic E-state index is 0.154. The van der Waals surface area contributed by atoms with E-state index in [1.54, 1.807) is 18.2 Å². The first-order chi connectivity index (χ1) is 9.56. The molecular formula is C17H16Cl2O. The Morgan fingerprint density at radius 1 is 1.05 bits per heavy atom. The standard InChI is InChI=1S/C17H16Cl2O/c1-12-4-2-5-13(10-12)8-9-14(20)11-15-16(18)6-3-7-17(15)19/h2-7,10H,8-9,11H2,1H3. The van der Waals surface area contributed by atoms with Crippen molar-refractivity contribution in [1.82, 2.24) is 0 Å². The van der Waals surface area contributed by atoms with Crippen molar-refractivity contribution in [3.63, 3.8) is 0 Å². The van der Waals surface area contributed by atoms with Crippen LogP contribution in [0.3, 0.4) is 0 Å². The molecule has 0 aliphatic rings. The van der Waals surface area contributed by atoms with Crippen molar-refractivity contribution in [1.29, 1.82) is 0 Å². The molecule has 0 N–H and O–H groups in total. The summed E-state index contributed by atoms with van der Waals surface area (Å²) in [4.78, 5) is 12.1. The summed E-state index contributed by atoms with van der Waals surface area (Å²) in [6.45, 7) is 2.05. The second-order valence-electron chi connectivity index (χ2n) is 4.90. The fourth-order valence-corrected chi connectivity index (χ4v) is 2.67. The highest BCUT2D eigenvalue weighted by molar-refractivity contribution is 6.36. The van der Waals surface area contributed by atoms with Gasteiger partial charge in [-0.1, -0.05) is 59.1 Å². The summed E-state index contributed by atoms with van der Waals surface area (Å²) in [6.07, 6.45) is 1.55. The number of aryl methyl sites for hydroxylation is 2. The van der Waals surface area contributed by atoms with Crippen LogP contribution in [0.5, 0.6) is 0 Å². The van der Waals surface area contributed by atoms with Crippen molar-refractivity contribution in [2.24, 2.45) is 0 Å². The van der Waals surface area contributed by atoms with Gasteiger partial charge >= 0.3 is 0 Å². The first-order valence-corrected chi connectivity index (χ1v) is 7.32. The van der Waals surface area contributed by atoms with Crippen LogP contribution in [0.1, 0.15) is 23.1 Å². The van der Waals surface area contributed by atoms with Crippen LogP contribution in [0.4, 0.5) is 0 Å². The van der Waals surface area contributed by atoms with E-state index in [1.807, 2.05) is 12.1 Å². The molecule has 20 heavy (non-hydrogen) atoms. The van der Waals surface area contributed by atoms with E-state index in [2.05, 4.69) is 19.1 Å². The normalized spacial score (nSPS) is 10.6. The molecule has 0 saturated carbocycles. The molecule has 0 unspecified atom stereocenters. The van der Waals surface area contributed by atoms with Crippen molar-refractivity contribution in [2.75, 3.05) is 0 Å². The minimum Gasteiger partial charge on any atom is -0.299 e. The second kappa shape index (κ2) is 6.92. The van der Waals surface area contributed by atoms with Gasteiger partial charge in [-0.3, -0.25) is 4.79 Å². The average Bonchev–Trinajstić information content (AvgIpc) is 2.41. The minimum atomic E-state index is 0.154. The highest BCUT2D eigenvalue weighted by atomic mass is 35.5. The van der Waals surface area contributed by atoms with Crippen LogP contribution >= 0.6 is 23.2 Å². The van der Waals surface area contributed by atoms with Gasteiger partial charge in [-0.2, -0.15) is 0 Å². The number of ketones is 1. The number of carbonyl (C=O) groups excluding carboxylic acids is 1. The zero-order valence-corrected chi connectivity index (χ0v) is 12.8. The fourth-order valence-electron chi connectivity index (χ4n) is 2.14. The van der Waals surface area contributed by atoms with E-state index in [-0.39, 0.29) is 5.78 Å². The molecule has 0 spiro atoms. The van der Waals surface area contributed by atoms with Crippen LogP contribution in [0.2, 0.25) is 10.0 Å². The van der Waals surface area contributed by atoms with Crippen molar-refractivity contribution >= 4 is 29.0 Å². The van der Waals surface area contributed by atoms with E-state index in [0.717, 1.165) is 12.0 Å². The summed E-state index contributed by atoms with van der Waals surface area (Å²) in [5, 5.41) is 1.11. The van der Waals surface area contributed by atoms with E-state index in [9.17, 15) is 4.79 Å². The maximum Gasteiger partial charge on any atom is 0.137 e. The van der Waals surface area contributed by atoms with Gasteiger partial charge < -0.3 is 0 Å². The van der Waals surface area contributed by atoms with Crippen LogP contribution in [0, 0.1) is 6.92 Å². The Labute approximate surface area is 129 Å². The van der Waals surface area contributed by atoms with Gasteiger partial charge in [-0.15, -0.1) is 0 Å². The smallest absolute Gasteiger partial charge is 0.137 e. The van der Waals surface area contributed by atoms with Gasteiger partial charge in [0.2, 0.25) is 0 Å². The number of carbonyl (C=O) groups is 1. The molecule has 0 radical (unpaired) electrons. The van der Waals surface area contributed by atoms with Gasteiger partial charge in [-0.05, 0) is 36.6 Å². The van der Waals surface area contributed by atoms with E-state index in [4.69, 9.17) is 23.2 Å². The first kappa shape index (κ1) is 15.1. The van der Waals surface area contributed by atoms with E-state index >= 15 is 0 Å². The molecule has 2 rings (SSSR count). The fraction of sp³-hybridized carbons (Fsp3) is 0.235. The largest absolute Gasteiger partial charge is 0.299 e. The van der Waals surface area contributed by atoms with Crippen molar-refractivity contribution in [3.8, 4) is 0 Å². The Hall–Kier alpha value is -1.31. The quantitative estimate of drug-likeness (QED) is 0.755. The molecule has 0 aromatic heterocycles. The number of halogens is 2. The molecule has 1 nitrogen and oxygen atoms in total. The maximum absolute atomic E-state index is 12.1. The summed E-state index contributed by atoms with van der Waals surface area (Å²) < 4.78 is 0. The molecule has 0 aliphatic heterocycles. The zero-order valence-electron chi connectivity index (χ0n) is 11.3. The van der Waals surface area contributed by atoms with Crippen LogP contribution in [0.25, 0.3) is 0 Å². The Bertz CT molecular complexity index is 600. The summed E-state index contributed by atoms with van der Waals surface area (Å²) in [7, 11) is 0. The molecule has 0 amide bonds. The number of benzene rings is 2. The highest BCUT2D eigenvalue weighted by Gasteiger charge is 2.10. The van der Waals surface area contributed by atoms with E-state index < -0.39 is 0 Å². The lowest BCUT2D eigenvalue weighted by atomic mass is 10.0. The molecule has 2 aromatic carbocycles. The highest BCUT2D eigenvalue weighted by Crippen LogP contribution is 2.25. The lowest BCUT2D eigenvalue weighted by Gasteiger charge is -2.06. The van der Waals surface area contributed by atoms with Gasteiger partial charge in [0.25, 0.3) is 0 Å². The predicted octanol–water partition coefficient (Wildman–Crippen LogP) is 5.05. The van der Waals surface area contributed by atoms with Gasteiger partial charge in [0.05, 0.1) is 0 Å². The van der Waals surface area contributed by atoms with Gasteiger partial charge in [0.15, 0.2) is 0 Å². The summed E-state index contributed by atoms with van der Waals surface area (Å²) in [5.41, 5.74) is 3.12. The summed E-state index contributed by atoms with van der Waals surface area (Å²) in [6, 6.07) is 13.5. The van der Waals surface area contributed by atoms with Gasteiger partial charge in [0, 0.05) is 22.9 Å². The lowest BCUT2D eigenvalue weighted by molar-refractivity contribution is -0.118. The number of hydrogen-bond acceptors (Lipinski definition) is 1. The maximum atomic E-state index is 12.1. The third kappa shape index (κ3) is 4.09. The van der Waals surface area contributed by atoms with Crippen molar-refractivity contribution in [3.05, 3.63) is 69.2 Å². The van der Waals surface area contributed by atoms with Crippen LogP contribution in [-0.4, -0.2) is 5.78 Å². The molecule has 0 atom stereocenters. The van der Waals surface area contributed by atoms with E-state index in [1.165, 1.54) is 11.1 Å². The second-order valence-corrected chi connectivity index (χ2v) is 5.72. The van der Waals surface area contributed by atoms with Crippen LogP contribution in [-0.2, 0) is 17.6 Å². The third-order valence-corrected chi connectivity index (χ3v) is 3.92. The molecule has 104 valence electrons. The Morgan fingerprint density at radius 3 is 2.35 bits per heavy atom. The molecule has 2 aromatic rings. The number of Topliss-reactive ketones (excluding diaryl/α,β-unsaturated/α-hetero) is 1. The topological polar surface area (TPSA) is 17.1 Å². The monoisotopic (exact) mass is 306 g/mol. The zero-order chi connectivity index (χ0) is 14.5. The summed E-state index contributed by atoms with van der Waals surface area (Å²) in [5.74, 6) is 0.154. The summed E-state index contributed by atoms with van der Waals surface area (Å²) >= 11 is 12.1.